The van der Waals surface area contributed by atoms with Gasteiger partial charge in [-0.25, -0.2) is 14.8 Å². The van der Waals surface area contributed by atoms with Crippen LogP contribution < -0.4 is 5.32 Å². The smallest absolute Gasteiger partial charge is 0.408 e. The van der Waals surface area contributed by atoms with E-state index in [-0.39, 0.29) is 5.91 Å². The summed E-state index contributed by atoms with van der Waals surface area (Å²) in [7, 11) is 0. The van der Waals surface area contributed by atoms with Crippen LogP contribution in [0.4, 0.5) is 10.5 Å². The average molecular weight is 386 g/mol. The fourth-order valence-electron chi connectivity index (χ4n) is 3.24. The summed E-state index contributed by atoms with van der Waals surface area (Å²) in [5.74, 6) is 1.48. The molecule has 2 aromatic heterocycles. The molecule has 0 unspecified atom stereocenters. The summed E-state index contributed by atoms with van der Waals surface area (Å²) in [6.45, 7) is 7.26. The molecule has 2 N–H and O–H groups in total. The van der Waals surface area contributed by atoms with Gasteiger partial charge in [0.15, 0.2) is 11.6 Å². The van der Waals surface area contributed by atoms with E-state index in [1.165, 1.54) is 15.9 Å². The highest BCUT2D eigenvalue weighted by Gasteiger charge is 2.34. The van der Waals surface area contributed by atoms with Crippen molar-refractivity contribution in [3.63, 3.8) is 0 Å². The van der Waals surface area contributed by atoms with Gasteiger partial charge in [0.05, 0.1) is 17.9 Å². The largest absolute Gasteiger partial charge is 0.465 e. The molecule has 0 saturated heterocycles. The third-order valence-electron chi connectivity index (χ3n) is 4.68. The highest BCUT2D eigenvalue weighted by Crippen LogP contribution is 2.32. The van der Waals surface area contributed by atoms with Crippen LogP contribution in [0, 0.1) is 5.92 Å². The van der Waals surface area contributed by atoms with Gasteiger partial charge in [-0.2, -0.15) is 9.78 Å². The van der Waals surface area contributed by atoms with Crippen LogP contribution in [-0.4, -0.2) is 47.3 Å². The molecule has 1 aliphatic carbocycles. The van der Waals surface area contributed by atoms with Gasteiger partial charge in [0.1, 0.15) is 6.33 Å². The van der Waals surface area contributed by atoms with E-state index in [0.717, 1.165) is 12.8 Å². The molecule has 2 aromatic rings. The molecule has 150 valence electrons. The number of hydrogen-bond donors (Lipinski definition) is 2. The average Bonchev–Trinajstić information content (AvgIpc) is 3.25. The zero-order chi connectivity index (χ0) is 20.5. The molecule has 1 aliphatic rings. The Bertz CT molecular complexity index is 851. The second kappa shape index (κ2) is 7.57. The number of amides is 2. The maximum Gasteiger partial charge on any atom is 0.408 e. The fourth-order valence-corrected chi connectivity index (χ4v) is 3.24. The first kappa shape index (κ1) is 19.8. The Balaban J connectivity index is 1.78. The number of anilines is 1. The van der Waals surface area contributed by atoms with E-state index in [1.54, 1.807) is 25.3 Å². The predicted octanol–water partition coefficient (Wildman–Crippen LogP) is 3.24. The van der Waals surface area contributed by atoms with Gasteiger partial charge in [-0.3, -0.25) is 9.69 Å². The Kier molecular flexibility index (Phi) is 5.35. The lowest BCUT2D eigenvalue weighted by Gasteiger charge is -2.37. The summed E-state index contributed by atoms with van der Waals surface area (Å²) in [6, 6.07) is 2.95. The summed E-state index contributed by atoms with van der Waals surface area (Å²) in [6.07, 6.45) is 4.71. The van der Waals surface area contributed by atoms with Crippen LogP contribution in [0.15, 0.2) is 24.7 Å². The third kappa shape index (κ3) is 4.47. The second-order valence-corrected chi connectivity index (χ2v) is 8.13. The zero-order valence-electron chi connectivity index (χ0n) is 16.6. The van der Waals surface area contributed by atoms with Crippen molar-refractivity contribution < 1.29 is 14.7 Å². The van der Waals surface area contributed by atoms with Gasteiger partial charge < -0.3 is 10.4 Å². The minimum Gasteiger partial charge on any atom is -0.465 e. The van der Waals surface area contributed by atoms with E-state index in [2.05, 4.69) is 20.4 Å². The maximum absolute atomic E-state index is 11.9. The number of nitrogens with one attached hydrogen (secondary N) is 1. The molecular formula is C19H26N6O3. The van der Waals surface area contributed by atoms with Crippen molar-refractivity contribution in [1.82, 2.24) is 24.6 Å². The molecule has 1 atom stereocenters. The lowest BCUT2D eigenvalue weighted by molar-refractivity contribution is -0.116. The van der Waals surface area contributed by atoms with Crippen LogP contribution in [0.2, 0.25) is 0 Å². The molecule has 0 aliphatic heterocycles. The van der Waals surface area contributed by atoms with Gasteiger partial charge >= 0.3 is 6.09 Å². The maximum atomic E-state index is 11.9. The molecule has 0 bridgehead atoms. The van der Waals surface area contributed by atoms with Crippen LogP contribution in [0.3, 0.4) is 0 Å². The number of aromatic nitrogens is 4. The van der Waals surface area contributed by atoms with E-state index >= 15 is 0 Å². The van der Waals surface area contributed by atoms with Gasteiger partial charge in [-0.15, -0.1) is 0 Å². The van der Waals surface area contributed by atoms with Gasteiger partial charge in [0.2, 0.25) is 5.91 Å². The summed E-state index contributed by atoms with van der Waals surface area (Å²) < 4.78 is 1.52. The Labute approximate surface area is 163 Å². The predicted molar refractivity (Wildman–Crippen MR) is 103 cm³/mol. The molecular weight excluding hydrogens is 360 g/mol. The third-order valence-corrected chi connectivity index (χ3v) is 4.68. The Hall–Kier alpha value is -2.97. The van der Waals surface area contributed by atoms with Crippen molar-refractivity contribution >= 4 is 17.7 Å². The minimum absolute atomic E-state index is 0.00519. The topological polar surface area (TPSA) is 113 Å². The quantitative estimate of drug-likeness (QED) is 0.788. The number of carboxylic acid groups (broad SMARTS) is 1. The molecule has 1 saturated carbocycles. The fraction of sp³-hybridized carbons (Fsp3) is 0.526. The molecule has 9 nitrogen and oxygen atoms in total. The molecule has 0 spiro atoms. The van der Waals surface area contributed by atoms with E-state index in [9.17, 15) is 14.7 Å². The SMILES string of the molecule is C[C@@H](c1ncnn1-c1ccc(NC(=O)CC2CC2)cn1)N(C(=O)O)C(C)(C)C. The normalized spacial score (nSPS) is 15.1. The first-order valence-corrected chi connectivity index (χ1v) is 9.35. The van der Waals surface area contributed by atoms with Gasteiger partial charge in [0.25, 0.3) is 0 Å². The monoisotopic (exact) mass is 386 g/mol. The highest BCUT2D eigenvalue weighted by atomic mass is 16.4. The van der Waals surface area contributed by atoms with Crippen LogP contribution in [-0.2, 0) is 4.79 Å². The molecule has 3 rings (SSSR count). The second-order valence-electron chi connectivity index (χ2n) is 8.13. The number of pyridine rings is 1. The molecule has 9 heteroatoms. The lowest BCUT2D eigenvalue weighted by Crippen LogP contribution is -2.47. The van der Waals surface area contributed by atoms with E-state index in [4.69, 9.17) is 0 Å². The van der Waals surface area contributed by atoms with Crippen LogP contribution in [0.5, 0.6) is 0 Å². The molecule has 28 heavy (non-hydrogen) atoms. The Morgan fingerprint density at radius 2 is 2.04 bits per heavy atom. The Morgan fingerprint density at radius 3 is 2.57 bits per heavy atom. The number of carbonyl (C=O) groups is 2. The first-order valence-electron chi connectivity index (χ1n) is 9.35. The van der Waals surface area contributed by atoms with E-state index in [0.29, 0.717) is 29.7 Å². The molecule has 1 fully saturated rings. The van der Waals surface area contributed by atoms with Crippen LogP contribution in [0.25, 0.3) is 5.82 Å². The number of rotatable bonds is 6. The van der Waals surface area contributed by atoms with E-state index in [1.807, 2.05) is 20.8 Å². The number of nitrogens with zero attached hydrogens (tertiary/aromatic N) is 5. The van der Waals surface area contributed by atoms with Crippen molar-refractivity contribution in [3.8, 4) is 5.82 Å². The van der Waals surface area contributed by atoms with Gasteiger partial charge in [0, 0.05) is 12.0 Å². The molecule has 2 amide bonds. The molecule has 2 heterocycles. The Morgan fingerprint density at radius 1 is 1.32 bits per heavy atom. The van der Waals surface area contributed by atoms with Crippen molar-refractivity contribution in [3.05, 3.63) is 30.5 Å². The summed E-state index contributed by atoms with van der Waals surface area (Å²) >= 11 is 0. The standard InChI is InChI=1S/C19H26N6O3/c1-12(24(18(27)28)19(2,3)4)17-21-11-22-25(17)15-8-7-14(10-20-15)23-16(26)9-13-5-6-13/h7-8,10-13H,5-6,9H2,1-4H3,(H,23,26)(H,27,28)/t12-/m0/s1. The van der Waals surface area contributed by atoms with Crippen molar-refractivity contribution in [2.45, 2.75) is 58.5 Å². The first-order chi connectivity index (χ1) is 13.2. The van der Waals surface area contributed by atoms with Crippen molar-refractivity contribution in [1.29, 1.82) is 0 Å². The summed E-state index contributed by atoms with van der Waals surface area (Å²) in [5.41, 5.74) is 0.0106. The highest BCUT2D eigenvalue weighted by molar-refractivity contribution is 5.90. The zero-order valence-corrected chi connectivity index (χ0v) is 16.6. The minimum atomic E-state index is -1.03. The lowest BCUT2D eigenvalue weighted by atomic mass is 10.0. The van der Waals surface area contributed by atoms with Crippen LogP contribution in [0.1, 0.15) is 58.8 Å². The van der Waals surface area contributed by atoms with Crippen molar-refractivity contribution in [2.75, 3.05) is 5.32 Å². The number of hydrogen-bond acceptors (Lipinski definition) is 5. The van der Waals surface area contributed by atoms with Gasteiger partial charge in [-0.05, 0) is 58.6 Å². The molecule has 0 radical (unpaired) electrons. The van der Waals surface area contributed by atoms with Crippen LogP contribution >= 0.6 is 0 Å². The number of carbonyl (C=O) groups excluding carboxylic acids is 1. The summed E-state index contributed by atoms with van der Waals surface area (Å²) in [4.78, 5) is 33.6. The van der Waals surface area contributed by atoms with Crippen molar-refractivity contribution in [2.24, 2.45) is 5.92 Å². The van der Waals surface area contributed by atoms with E-state index < -0.39 is 17.7 Å². The van der Waals surface area contributed by atoms with Gasteiger partial charge in [-0.1, -0.05) is 0 Å². The summed E-state index contributed by atoms with van der Waals surface area (Å²) in [5, 5.41) is 16.7. The molecule has 0 aromatic carbocycles.